The SMILES string of the molecule is Cc1ccc(C)c(NC(=O)C2(C(=O)Nc3ccccc3C(C)C)CC2)c1. The van der Waals surface area contributed by atoms with Gasteiger partial charge >= 0.3 is 0 Å². The van der Waals surface area contributed by atoms with Crippen molar-refractivity contribution in [2.45, 2.75) is 46.5 Å². The molecule has 0 unspecified atom stereocenters. The third-order valence-electron chi connectivity index (χ3n) is 5.09. The summed E-state index contributed by atoms with van der Waals surface area (Å²) in [5, 5.41) is 5.95. The number of carbonyl (C=O) groups is 2. The van der Waals surface area contributed by atoms with E-state index in [1.165, 1.54) is 0 Å². The molecule has 0 heterocycles. The van der Waals surface area contributed by atoms with E-state index in [0.29, 0.717) is 18.8 Å². The van der Waals surface area contributed by atoms with Crippen molar-refractivity contribution >= 4 is 23.2 Å². The second-order valence-electron chi connectivity index (χ2n) is 7.55. The second-order valence-corrected chi connectivity index (χ2v) is 7.55. The van der Waals surface area contributed by atoms with Crippen LogP contribution in [0.3, 0.4) is 0 Å². The molecule has 2 amide bonds. The fraction of sp³-hybridized carbons (Fsp3) is 0.364. The Balaban J connectivity index is 1.77. The van der Waals surface area contributed by atoms with Crippen molar-refractivity contribution in [3.05, 3.63) is 59.2 Å². The number of benzene rings is 2. The van der Waals surface area contributed by atoms with Crippen molar-refractivity contribution in [1.29, 1.82) is 0 Å². The maximum atomic E-state index is 12.9. The zero-order valence-corrected chi connectivity index (χ0v) is 15.8. The largest absolute Gasteiger partial charge is 0.325 e. The van der Waals surface area contributed by atoms with Crippen molar-refractivity contribution in [1.82, 2.24) is 0 Å². The van der Waals surface area contributed by atoms with E-state index in [4.69, 9.17) is 0 Å². The number of hydrogen-bond donors (Lipinski definition) is 2. The second kappa shape index (κ2) is 6.94. The molecule has 0 aliphatic heterocycles. The molecule has 0 saturated heterocycles. The first kappa shape index (κ1) is 18.2. The Morgan fingerprint density at radius 3 is 2.15 bits per heavy atom. The molecule has 136 valence electrons. The van der Waals surface area contributed by atoms with Gasteiger partial charge in [0.1, 0.15) is 5.41 Å². The summed E-state index contributed by atoms with van der Waals surface area (Å²) in [4.78, 5) is 25.7. The fourth-order valence-corrected chi connectivity index (χ4v) is 3.15. The Morgan fingerprint density at radius 2 is 1.54 bits per heavy atom. The van der Waals surface area contributed by atoms with Gasteiger partial charge < -0.3 is 10.6 Å². The molecule has 4 heteroatoms. The molecule has 3 rings (SSSR count). The van der Waals surface area contributed by atoms with Crippen LogP contribution in [0, 0.1) is 19.3 Å². The van der Waals surface area contributed by atoms with Crippen LogP contribution in [0.2, 0.25) is 0 Å². The summed E-state index contributed by atoms with van der Waals surface area (Å²) in [5.74, 6) is -0.135. The maximum absolute atomic E-state index is 12.9. The number of anilines is 2. The average molecular weight is 350 g/mol. The smallest absolute Gasteiger partial charge is 0.240 e. The van der Waals surface area contributed by atoms with Crippen molar-refractivity contribution in [3.8, 4) is 0 Å². The standard InChI is InChI=1S/C22H26N2O2/c1-14(2)17-7-5-6-8-18(17)23-20(25)22(11-12-22)21(26)24-19-13-15(3)9-10-16(19)4/h5-10,13-14H,11-12H2,1-4H3,(H,23,25)(H,24,26). The van der Waals surface area contributed by atoms with Gasteiger partial charge in [-0.05, 0) is 61.4 Å². The van der Waals surface area contributed by atoms with E-state index in [1.54, 1.807) is 0 Å². The lowest BCUT2D eigenvalue weighted by atomic mass is 9.99. The van der Waals surface area contributed by atoms with E-state index in [1.807, 2.05) is 56.3 Å². The van der Waals surface area contributed by atoms with E-state index < -0.39 is 5.41 Å². The number of para-hydroxylation sites is 1. The molecule has 1 saturated carbocycles. The van der Waals surface area contributed by atoms with Crippen LogP contribution in [0.15, 0.2) is 42.5 Å². The van der Waals surface area contributed by atoms with Crippen molar-refractivity contribution in [3.63, 3.8) is 0 Å². The molecule has 1 fully saturated rings. The van der Waals surface area contributed by atoms with E-state index in [0.717, 1.165) is 28.1 Å². The summed E-state index contributed by atoms with van der Waals surface area (Å²) >= 11 is 0. The van der Waals surface area contributed by atoms with Gasteiger partial charge in [-0.1, -0.05) is 44.2 Å². The van der Waals surface area contributed by atoms with Gasteiger partial charge in [0.2, 0.25) is 11.8 Å². The highest BCUT2D eigenvalue weighted by atomic mass is 16.2. The number of rotatable bonds is 5. The molecule has 0 atom stereocenters. The molecular formula is C22H26N2O2. The first-order chi connectivity index (χ1) is 12.3. The third-order valence-corrected chi connectivity index (χ3v) is 5.09. The summed E-state index contributed by atoms with van der Waals surface area (Å²) in [5.41, 5.74) is 3.75. The first-order valence-corrected chi connectivity index (χ1v) is 9.12. The van der Waals surface area contributed by atoms with Crippen LogP contribution < -0.4 is 10.6 Å². The van der Waals surface area contributed by atoms with Gasteiger partial charge in [-0.15, -0.1) is 0 Å². The van der Waals surface area contributed by atoms with E-state index in [2.05, 4.69) is 24.5 Å². The highest BCUT2D eigenvalue weighted by Crippen LogP contribution is 2.48. The van der Waals surface area contributed by atoms with E-state index in [-0.39, 0.29) is 11.8 Å². The van der Waals surface area contributed by atoms with Crippen molar-refractivity contribution < 1.29 is 9.59 Å². The minimum absolute atomic E-state index is 0.214. The zero-order valence-electron chi connectivity index (χ0n) is 15.8. The van der Waals surface area contributed by atoms with Crippen LogP contribution in [0.1, 0.15) is 49.3 Å². The molecule has 0 spiro atoms. The molecule has 1 aliphatic rings. The lowest BCUT2D eigenvalue weighted by Gasteiger charge is -2.19. The summed E-state index contributed by atoms with van der Waals surface area (Å²) in [6.45, 7) is 8.11. The fourth-order valence-electron chi connectivity index (χ4n) is 3.15. The molecule has 0 aromatic heterocycles. The summed E-state index contributed by atoms with van der Waals surface area (Å²) < 4.78 is 0. The van der Waals surface area contributed by atoms with Crippen LogP contribution >= 0.6 is 0 Å². The van der Waals surface area contributed by atoms with Gasteiger partial charge in [0.15, 0.2) is 0 Å². The van der Waals surface area contributed by atoms with Crippen LogP contribution in [0.25, 0.3) is 0 Å². The van der Waals surface area contributed by atoms with Gasteiger partial charge in [0, 0.05) is 11.4 Å². The van der Waals surface area contributed by atoms with Crippen LogP contribution in [-0.2, 0) is 9.59 Å². The van der Waals surface area contributed by atoms with E-state index in [9.17, 15) is 9.59 Å². The van der Waals surface area contributed by atoms with Gasteiger partial charge in [-0.3, -0.25) is 9.59 Å². The molecular weight excluding hydrogens is 324 g/mol. The van der Waals surface area contributed by atoms with Gasteiger partial charge in [0.05, 0.1) is 0 Å². The average Bonchev–Trinajstić information content (AvgIpc) is 3.40. The van der Waals surface area contributed by atoms with Gasteiger partial charge in [0.25, 0.3) is 0 Å². The van der Waals surface area contributed by atoms with E-state index >= 15 is 0 Å². The van der Waals surface area contributed by atoms with Gasteiger partial charge in [-0.25, -0.2) is 0 Å². The monoisotopic (exact) mass is 350 g/mol. The molecule has 2 N–H and O–H groups in total. The Kier molecular flexibility index (Phi) is 4.86. The molecule has 26 heavy (non-hydrogen) atoms. The zero-order chi connectivity index (χ0) is 18.9. The van der Waals surface area contributed by atoms with Crippen LogP contribution in [-0.4, -0.2) is 11.8 Å². The predicted molar refractivity (Wildman–Crippen MR) is 105 cm³/mol. The number of hydrogen-bond acceptors (Lipinski definition) is 2. The van der Waals surface area contributed by atoms with Crippen molar-refractivity contribution in [2.24, 2.45) is 5.41 Å². The quantitative estimate of drug-likeness (QED) is 0.762. The molecule has 0 bridgehead atoms. The van der Waals surface area contributed by atoms with Crippen LogP contribution in [0.4, 0.5) is 11.4 Å². The topological polar surface area (TPSA) is 58.2 Å². The van der Waals surface area contributed by atoms with Crippen molar-refractivity contribution in [2.75, 3.05) is 10.6 Å². The summed E-state index contributed by atoms with van der Waals surface area (Å²) in [7, 11) is 0. The normalized spacial score (nSPS) is 14.8. The Labute approximate surface area is 155 Å². The highest BCUT2D eigenvalue weighted by molar-refractivity contribution is 6.17. The lowest BCUT2D eigenvalue weighted by Crippen LogP contribution is -2.36. The maximum Gasteiger partial charge on any atom is 0.240 e. The minimum atomic E-state index is -0.958. The Hall–Kier alpha value is -2.62. The molecule has 2 aromatic rings. The third kappa shape index (κ3) is 3.50. The lowest BCUT2D eigenvalue weighted by molar-refractivity contribution is -0.131. The number of aryl methyl sites for hydroxylation is 2. The Bertz CT molecular complexity index is 851. The number of nitrogens with one attached hydrogen (secondary N) is 2. The van der Waals surface area contributed by atoms with Gasteiger partial charge in [-0.2, -0.15) is 0 Å². The number of carbonyl (C=O) groups excluding carboxylic acids is 2. The van der Waals surface area contributed by atoms with Crippen LogP contribution in [0.5, 0.6) is 0 Å². The number of amides is 2. The summed E-state index contributed by atoms with van der Waals surface area (Å²) in [6, 6.07) is 13.7. The highest BCUT2D eigenvalue weighted by Gasteiger charge is 2.56. The first-order valence-electron chi connectivity index (χ1n) is 9.12. The molecule has 0 radical (unpaired) electrons. The predicted octanol–water partition coefficient (Wildman–Crippen LogP) is 4.78. The molecule has 1 aliphatic carbocycles. The summed E-state index contributed by atoms with van der Waals surface area (Å²) in [6.07, 6.45) is 1.17. The minimum Gasteiger partial charge on any atom is -0.325 e. The Morgan fingerprint density at radius 1 is 0.923 bits per heavy atom. The molecule has 4 nitrogen and oxygen atoms in total. The molecule has 2 aromatic carbocycles.